The van der Waals surface area contributed by atoms with Crippen LogP contribution in [-0.4, -0.2) is 42.0 Å². The number of likely N-dealkylation sites (tertiary alicyclic amines) is 1. The second-order valence-corrected chi connectivity index (χ2v) is 6.96. The number of hydrogen-bond donors (Lipinski definition) is 2. The lowest BCUT2D eigenvalue weighted by atomic mass is 10.1. The van der Waals surface area contributed by atoms with Gasteiger partial charge in [-0.3, -0.25) is 9.69 Å². The van der Waals surface area contributed by atoms with Crippen LogP contribution in [0.1, 0.15) is 37.8 Å². The highest BCUT2D eigenvalue weighted by atomic mass is 35.5. The SMILES string of the molecule is Cl.Cl.O=C(CNCC1CC1)Nc1nc(CN2CCCCC2)cs1. The van der Waals surface area contributed by atoms with Crippen molar-refractivity contribution in [2.75, 3.05) is 31.5 Å². The van der Waals surface area contributed by atoms with Gasteiger partial charge in [0.2, 0.25) is 5.91 Å². The van der Waals surface area contributed by atoms with Crippen LogP contribution >= 0.6 is 36.2 Å². The molecule has 1 aliphatic heterocycles. The van der Waals surface area contributed by atoms with Crippen molar-refractivity contribution < 1.29 is 4.79 Å². The van der Waals surface area contributed by atoms with Gasteiger partial charge in [0, 0.05) is 11.9 Å². The summed E-state index contributed by atoms with van der Waals surface area (Å²) in [5.74, 6) is 0.809. The monoisotopic (exact) mass is 380 g/mol. The van der Waals surface area contributed by atoms with Gasteiger partial charge in [-0.2, -0.15) is 0 Å². The second kappa shape index (κ2) is 10.5. The molecule has 0 unspecified atom stereocenters. The van der Waals surface area contributed by atoms with Gasteiger partial charge in [-0.15, -0.1) is 36.2 Å². The smallest absolute Gasteiger partial charge is 0.240 e. The minimum atomic E-state index is 0. The second-order valence-electron chi connectivity index (χ2n) is 6.10. The van der Waals surface area contributed by atoms with Crippen molar-refractivity contribution in [3.05, 3.63) is 11.1 Å². The molecule has 2 N–H and O–H groups in total. The summed E-state index contributed by atoms with van der Waals surface area (Å²) < 4.78 is 0. The number of aromatic nitrogens is 1. The molecule has 2 aliphatic rings. The Morgan fingerprint density at radius 2 is 2.00 bits per heavy atom. The molecule has 2 fully saturated rings. The fourth-order valence-corrected chi connectivity index (χ4v) is 3.38. The summed E-state index contributed by atoms with van der Waals surface area (Å²) in [6, 6.07) is 0. The lowest BCUT2D eigenvalue weighted by Crippen LogP contribution is -2.30. The van der Waals surface area contributed by atoms with E-state index < -0.39 is 0 Å². The molecule has 3 rings (SSSR count). The third kappa shape index (κ3) is 7.35. The Morgan fingerprint density at radius 3 is 2.70 bits per heavy atom. The lowest BCUT2D eigenvalue weighted by molar-refractivity contribution is -0.115. The number of nitrogens with zero attached hydrogens (tertiary/aromatic N) is 2. The number of rotatable bonds is 7. The van der Waals surface area contributed by atoms with E-state index in [1.54, 1.807) is 0 Å². The van der Waals surface area contributed by atoms with Gasteiger partial charge < -0.3 is 10.6 Å². The van der Waals surface area contributed by atoms with Gasteiger partial charge >= 0.3 is 0 Å². The zero-order valence-electron chi connectivity index (χ0n) is 13.3. The van der Waals surface area contributed by atoms with Crippen molar-refractivity contribution in [2.24, 2.45) is 5.92 Å². The van der Waals surface area contributed by atoms with Crippen LogP contribution in [-0.2, 0) is 11.3 Å². The van der Waals surface area contributed by atoms with E-state index in [1.165, 1.54) is 56.5 Å². The van der Waals surface area contributed by atoms with Crippen LogP contribution in [0.25, 0.3) is 0 Å². The fraction of sp³-hybridized carbons (Fsp3) is 0.733. The van der Waals surface area contributed by atoms with Crippen LogP contribution in [0, 0.1) is 5.92 Å². The molecule has 0 bridgehead atoms. The van der Waals surface area contributed by atoms with Crippen molar-refractivity contribution in [2.45, 2.75) is 38.6 Å². The van der Waals surface area contributed by atoms with E-state index in [0.717, 1.165) is 29.8 Å². The van der Waals surface area contributed by atoms with Crippen LogP contribution in [0.3, 0.4) is 0 Å². The molecule has 1 amide bonds. The van der Waals surface area contributed by atoms with E-state index in [1.807, 2.05) is 0 Å². The van der Waals surface area contributed by atoms with E-state index in [2.05, 4.69) is 25.9 Å². The minimum Gasteiger partial charge on any atom is -0.308 e. The molecule has 0 spiro atoms. The first-order valence-electron chi connectivity index (χ1n) is 7.97. The Balaban J connectivity index is 0.00000132. The first kappa shape index (κ1) is 20.6. The maximum Gasteiger partial charge on any atom is 0.240 e. The summed E-state index contributed by atoms with van der Waals surface area (Å²) in [6.07, 6.45) is 6.55. The highest BCUT2D eigenvalue weighted by molar-refractivity contribution is 7.13. The molecule has 0 aromatic carbocycles. The van der Waals surface area contributed by atoms with Crippen molar-refractivity contribution >= 4 is 47.2 Å². The molecule has 132 valence electrons. The van der Waals surface area contributed by atoms with Crippen LogP contribution in [0.5, 0.6) is 0 Å². The predicted octanol–water partition coefficient (Wildman–Crippen LogP) is 2.91. The first-order valence-corrected chi connectivity index (χ1v) is 8.85. The van der Waals surface area contributed by atoms with Crippen molar-refractivity contribution in [3.8, 4) is 0 Å². The van der Waals surface area contributed by atoms with Crippen LogP contribution in [0.2, 0.25) is 0 Å². The van der Waals surface area contributed by atoms with E-state index in [-0.39, 0.29) is 30.7 Å². The molecular formula is C15H26Cl2N4OS. The summed E-state index contributed by atoms with van der Waals surface area (Å²) in [4.78, 5) is 18.8. The van der Waals surface area contributed by atoms with Crippen molar-refractivity contribution in [1.29, 1.82) is 0 Å². The van der Waals surface area contributed by atoms with Crippen LogP contribution in [0.4, 0.5) is 5.13 Å². The maximum atomic E-state index is 11.8. The van der Waals surface area contributed by atoms with E-state index >= 15 is 0 Å². The van der Waals surface area contributed by atoms with Gasteiger partial charge in [-0.05, 0) is 51.2 Å². The number of nitrogens with one attached hydrogen (secondary N) is 2. The lowest BCUT2D eigenvalue weighted by Gasteiger charge is -2.25. The van der Waals surface area contributed by atoms with Gasteiger partial charge in [-0.1, -0.05) is 6.42 Å². The Morgan fingerprint density at radius 1 is 1.26 bits per heavy atom. The zero-order chi connectivity index (χ0) is 14.5. The zero-order valence-corrected chi connectivity index (χ0v) is 15.7. The number of halogens is 2. The largest absolute Gasteiger partial charge is 0.308 e. The molecule has 1 saturated carbocycles. The third-order valence-corrected chi connectivity index (χ3v) is 4.85. The van der Waals surface area contributed by atoms with Gasteiger partial charge in [0.05, 0.1) is 12.2 Å². The molecule has 1 saturated heterocycles. The molecule has 5 nitrogen and oxygen atoms in total. The van der Waals surface area contributed by atoms with Gasteiger partial charge in [0.1, 0.15) is 0 Å². The quantitative estimate of drug-likeness (QED) is 0.763. The highest BCUT2D eigenvalue weighted by Gasteiger charge is 2.20. The fourth-order valence-electron chi connectivity index (χ4n) is 2.66. The number of piperidine rings is 1. The summed E-state index contributed by atoms with van der Waals surface area (Å²) in [6.45, 7) is 4.60. The average Bonchev–Trinajstić information content (AvgIpc) is 3.21. The van der Waals surface area contributed by atoms with Gasteiger partial charge in [0.25, 0.3) is 0 Å². The van der Waals surface area contributed by atoms with Gasteiger partial charge in [0.15, 0.2) is 5.13 Å². The third-order valence-electron chi connectivity index (χ3n) is 4.05. The molecular weight excluding hydrogens is 355 g/mol. The normalized spacial score (nSPS) is 17.9. The molecule has 1 aliphatic carbocycles. The predicted molar refractivity (Wildman–Crippen MR) is 100.0 cm³/mol. The molecule has 0 atom stereocenters. The first-order chi connectivity index (χ1) is 10.3. The van der Waals surface area contributed by atoms with E-state index in [4.69, 9.17) is 0 Å². The summed E-state index contributed by atoms with van der Waals surface area (Å²) >= 11 is 1.52. The number of amides is 1. The topological polar surface area (TPSA) is 57.3 Å². The number of anilines is 1. The molecule has 1 aromatic heterocycles. The van der Waals surface area contributed by atoms with E-state index in [9.17, 15) is 4.79 Å². The number of hydrogen-bond acceptors (Lipinski definition) is 5. The summed E-state index contributed by atoms with van der Waals surface area (Å²) in [7, 11) is 0. The summed E-state index contributed by atoms with van der Waals surface area (Å²) in [5, 5.41) is 8.86. The Bertz CT molecular complexity index is 476. The maximum absolute atomic E-state index is 11.8. The molecule has 0 radical (unpaired) electrons. The van der Waals surface area contributed by atoms with Crippen molar-refractivity contribution in [3.63, 3.8) is 0 Å². The number of thiazole rings is 1. The number of carbonyl (C=O) groups is 1. The van der Waals surface area contributed by atoms with Crippen LogP contribution in [0.15, 0.2) is 5.38 Å². The van der Waals surface area contributed by atoms with Gasteiger partial charge in [-0.25, -0.2) is 4.98 Å². The van der Waals surface area contributed by atoms with E-state index in [0.29, 0.717) is 6.54 Å². The average molecular weight is 381 g/mol. The summed E-state index contributed by atoms with van der Waals surface area (Å²) in [5.41, 5.74) is 1.07. The Kier molecular flexibility index (Phi) is 9.39. The van der Waals surface area contributed by atoms with Crippen LogP contribution < -0.4 is 10.6 Å². The van der Waals surface area contributed by atoms with Crippen molar-refractivity contribution in [1.82, 2.24) is 15.2 Å². The Hall–Kier alpha value is -0.400. The molecule has 8 heteroatoms. The molecule has 2 heterocycles. The molecule has 1 aromatic rings. The number of carbonyl (C=O) groups excluding carboxylic acids is 1. The minimum absolute atomic E-state index is 0. The highest BCUT2D eigenvalue weighted by Crippen LogP contribution is 2.27. The molecule has 23 heavy (non-hydrogen) atoms. The standard InChI is InChI=1S/C15H24N4OS.2ClH/c20-14(9-16-8-12-4-5-12)18-15-17-13(11-21-15)10-19-6-2-1-3-7-19;;/h11-12,16H,1-10H2,(H,17,18,20);2*1H. The Labute approximate surface area is 154 Å².